The van der Waals surface area contributed by atoms with Crippen LogP contribution in [-0.4, -0.2) is 23.4 Å². The van der Waals surface area contributed by atoms with Gasteiger partial charge in [-0.15, -0.1) is 0 Å². The number of aliphatic hydroxyl groups excluding tert-OH is 1. The molecule has 174 valence electrons. The van der Waals surface area contributed by atoms with Crippen LogP contribution in [0.5, 0.6) is 0 Å². The fraction of sp³-hybridized carbons (Fsp3) is 0.333. The van der Waals surface area contributed by atoms with Crippen molar-refractivity contribution in [3.05, 3.63) is 88.0 Å². The van der Waals surface area contributed by atoms with E-state index >= 15 is 0 Å². The molecule has 1 atom stereocenters. The quantitative estimate of drug-likeness (QED) is 0.613. The number of Topliss-reactive ketones (excluding diaryl/α,β-unsaturated/α-hetero) is 1. The number of halogens is 1. The van der Waals surface area contributed by atoms with Crippen molar-refractivity contribution in [3.8, 4) is 0 Å². The van der Waals surface area contributed by atoms with Crippen LogP contribution in [0.25, 0.3) is 0 Å². The minimum absolute atomic E-state index is 0.0906. The van der Waals surface area contributed by atoms with Gasteiger partial charge in [-0.1, -0.05) is 31.2 Å². The molecule has 1 aliphatic carbocycles. The number of allylic oxidation sites excluding steroid dienone is 3. The summed E-state index contributed by atoms with van der Waals surface area (Å²) in [7, 11) is 0. The van der Waals surface area contributed by atoms with E-state index in [1.807, 2.05) is 19.1 Å². The number of hydrogen-bond acceptors (Lipinski definition) is 4. The zero-order chi connectivity index (χ0) is 24.0. The Bertz CT molecular complexity index is 1070. The molecule has 2 aromatic carbocycles. The normalized spacial score (nSPS) is 17.6. The highest BCUT2D eigenvalue weighted by Crippen LogP contribution is 2.42. The van der Waals surface area contributed by atoms with Gasteiger partial charge in [-0.25, -0.2) is 4.39 Å². The first-order valence-corrected chi connectivity index (χ1v) is 11.4. The molecule has 0 saturated heterocycles. The highest BCUT2D eigenvalue weighted by Gasteiger charge is 2.38. The lowest BCUT2D eigenvalue weighted by atomic mass is 9.75. The van der Waals surface area contributed by atoms with E-state index in [1.165, 1.54) is 29.8 Å². The van der Waals surface area contributed by atoms with Gasteiger partial charge in [-0.05, 0) is 68.5 Å². The molecule has 1 aliphatic heterocycles. The molecule has 0 aromatic heterocycles. The second kappa shape index (κ2) is 11.1. The number of benzene rings is 2. The molecule has 1 amide bonds. The first-order valence-electron chi connectivity index (χ1n) is 11.4. The van der Waals surface area contributed by atoms with E-state index in [9.17, 15) is 14.0 Å². The standard InChI is InChI=1S/C25H25FN2O2.C2H6O/c1-3-16-7-9-17(10-8-16)23-22(25(30)28-19-13-11-18(26)12-14-19)15(2)27-20-5-4-6-21(29)24(20)23;1-2-3/h7-14,23,27H,3-6H2,1-2H3,(H,28,30);3H,2H2,1H3. The monoisotopic (exact) mass is 450 g/mol. The van der Waals surface area contributed by atoms with E-state index in [0.717, 1.165) is 36.2 Å². The number of dihydropyridines is 1. The maximum absolute atomic E-state index is 13.3. The summed E-state index contributed by atoms with van der Waals surface area (Å²) in [5, 5.41) is 13.7. The number of anilines is 1. The van der Waals surface area contributed by atoms with E-state index in [4.69, 9.17) is 5.11 Å². The first kappa shape index (κ1) is 24.4. The Labute approximate surface area is 194 Å². The maximum atomic E-state index is 13.3. The molecule has 0 radical (unpaired) electrons. The van der Waals surface area contributed by atoms with E-state index in [-0.39, 0.29) is 24.1 Å². The van der Waals surface area contributed by atoms with Gasteiger partial charge in [0.05, 0.1) is 0 Å². The lowest BCUT2D eigenvalue weighted by Gasteiger charge is -2.34. The summed E-state index contributed by atoms with van der Waals surface area (Å²) in [6, 6.07) is 13.8. The number of ketones is 1. The zero-order valence-electron chi connectivity index (χ0n) is 19.4. The second-order valence-electron chi connectivity index (χ2n) is 8.14. The summed E-state index contributed by atoms with van der Waals surface area (Å²) in [4.78, 5) is 26.2. The Morgan fingerprint density at radius 3 is 2.33 bits per heavy atom. The van der Waals surface area contributed by atoms with Gasteiger partial charge in [-0.2, -0.15) is 0 Å². The summed E-state index contributed by atoms with van der Waals surface area (Å²) in [6.07, 6.45) is 3.04. The number of aryl methyl sites for hydroxylation is 1. The number of carbonyl (C=O) groups is 2. The van der Waals surface area contributed by atoms with Crippen LogP contribution >= 0.6 is 0 Å². The van der Waals surface area contributed by atoms with Gasteiger partial charge in [-0.3, -0.25) is 9.59 Å². The topological polar surface area (TPSA) is 78.4 Å². The third-order valence-electron chi connectivity index (χ3n) is 5.84. The van der Waals surface area contributed by atoms with E-state index in [2.05, 4.69) is 29.7 Å². The average Bonchev–Trinajstić information content (AvgIpc) is 2.80. The molecule has 6 heteroatoms. The van der Waals surface area contributed by atoms with Crippen LogP contribution in [0.1, 0.15) is 57.1 Å². The zero-order valence-corrected chi connectivity index (χ0v) is 19.4. The lowest BCUT2D eigenvalue weighted by molar-refractivity contribution is -0.116. The second-order valence-corrected chi connectivity index (χ2v) is 8.14. The summed E-state index contributed by atoms with van der Waals surface area (Å²) in [5.74, 6) is -0.978. The molecule has 0 fully saturated rings. The van der Waals surface area contributed by atoms with Crippen molar-refractivity contribution in [1.29, 1.82) is 0 Å². The van der Waals surface area contributed by atoms with E-state index in [1.54, 1.807) is 6.92 Å². The Balaban J connectivity index is 0.000000968. The van der Waals surface area contributed by atoms with Crippen LogP contribution in [0.2, 0.25) is 0 Å². The molecular weight excluding hydrogens is 419 g/mol. The van der Waals surface area contributed by atoms with Gasteiger partial charge in [0.2, 0.25) is 0 Å². The highest BCUT2D eigenvalue weighted by atomic mass is 19.1. The van der Waals surface area contributed by atoms with E-state index < -0.39 is 5.92 Å². The molecule has 33 heavy (non-hydrogen) atoms. The lowest BCUT2D eigenvalue weighted by Crippen LogP contribution is -2.35. The predicted molar refractivity (Wildman–Crippen MR) is 128 cm³/mol. The average molecular weight is 451 g/mol. The highest BCUT2D eigenvalue weighted by molar-refractivity contribution is 6.09. The van der Waals surface area contributed by atoms with Gasteiger partial charge in [0.15, 0.2) is 5.78 Å². The summed E-state index contributed by atoms with van der Waals surface area (Å²) >= 11 is 0. The number of nitrogens with one attached hydrogen (secondary N) is 2. The number of amides is 1. The largest absolute Gasteiger partial charge is 0.397 e. The van der Waals surface area contributed by atoms with Gasteiger partial charge >= 0.3 is 0 Å². The summed E-state index contributed by atoms with van der Waals surface area (Å²) in [6.45, 7) is 5.90. The number of carbonyl (C=O) groups excluding carboxylic acids is 2. The molecule has 0 bridgehead atoms. The van der Waals surface area contributed by atoms with Crippen LogP contribution in [0.3, 0.4) is 0 Å². The minimum atomic E-state index is -0.416. The minimum Gasteiger partial charge on any atom is -0.397 e. The van der Waals surface area contributed by atoms with Crippen molar-refractivity contribution in [2.24, 2.45) is 0 Å². The van der Waals surface area contributed by atoms with Crippen LogP contribution in [0.4, 0.5) is 10.1 Å². The van der Waals surface area contributed by atoms with Crippen molar-refractivity contribution in [3.63, 3.8) is 0 Å². The van der Waals surface area contributed by atoms with Gasteiger partial charge in [0.25, 0.3) is 5.91 Å². The summed E-state index contributed by atoms with van der Waals surface area (Å²) < 4.78 is 13.2. The molecule has 2 aliphatic rings. The molecule has 0 saturated carbocycles. The Kier molecular flexibility index (Phi) is 8.17. The molecule has 2 aromatic rings. The fourth-order valence-electron chi connectivity index (χ4n) is 4.30. The van der Waals surface area contributed by atoms with Crippen LogP contribution in [0.15, 0.2) is 71.1 Å². The Hall–Kier alpha value is -3.25. The van der Waals surface area contributed by atoms with Gasteiger partial charge in [0.1, 0.15) is 5.82 Å². The molecule has 1 unspecified atom stereocenters. The van der Waals surface area contributed by atoms with Crippen molar-refractivity contribution in [1.82, 2.24) is 5.32 Å². The molecule has 1 heterocycles. The van der Waals surface area contributed by atoms with Crippen LogP contribution in [-0.2, 0) is 16.0 Å². The fourth-order valence-corrected chi connectivity index (χ4v) is 4.30. The van der Waals surface area contributed by atoms with E-state index in [0.29, 0.717) is 23.3 Å². The van der Waals surface area contributed by atoms with Gasteiger partial charge < -0.3 is 15.7 Å². The van der Waals surface area contributed by atoms with Crippen LogP contribution in [0, 0.1) is 5.82 Å². The predicted octanol–water partition coefficient (Wildman–Crippen LogP) is 4.99. The molecule has 0 spiro atoms. The number of hydrogen-bond donors (Lipinski definition) is 3. The number of rotatable bonds is 4. The summed E-state index contributed by atoms with van der Waals surface area (Å²) in [5.41, 5.74) is 5.53. The maximum Gasteiger partial charge on any atom is 0.254 e. The molecular formula is C27H31FN2O3. The number of aliphatic hydroxyl groups is 1. The molecule has 5 nitrogen and oxygen atoms in total. The molecule has 4 rings (SSSR count). The van der Waals surface area contributed by atoms with Crippen molar-refractivity contribution >= 4 is 17.4 Å². The van der Waals surface area contributed by atoms with Crippen LogP contribution < -0.4 is 10.6 Å². The third-order valence-corrected chi connectivity index (χ3v) is 5.84. The van der Waals surface area contributed by atoms with Crippen molar-refractivity contribution in [2.45, 2.75) is 52.4 Å². The SMILES string of the molecule is CCO.CCc1ccc(C2C(C(=O)Nc3ccc(F)cc3)=C(C)NC3=C2C(=O)CCC3)cc1. The van der Waals surface area contributed by atoms with Crippen molar-refractivity contribution in [2.75, 3.05) is 11.9 Å². The first-order chi connectivity index (χ1) is 15.9. The smallest absolute Gasteiger partial charge is 0.254 e. The Morgan fingerprint density at radius 2 is 1.73 bits per heavy atom. The third kappa shape index (κ3) is 5.57. The van der Waals surface area contributed by atoms with Gasteiger partial charge in [0, 0.05) is 47.2 Å². The van der Waals surface area contributed by atoms with Crippen molar-refractivity contribution < 1.29 is 19.1 Å². The molecule has 3 N–H and O–H groups in total. The Morgan fingerprint density at radius 1 is 1.09 bits per heavy atom.